The number of thioether (sulfide) groups is 1. The van der Waals surface area contributed by atoms with E-state index in [-0.39, 0.29) is 22.0 Å². The number of benzene rings is 1. The van der Waals surface area contributed by atoms with Gasteiger partial charge >= 0.3 is 0 Å². The standard InChI is InChI=1S/C27H26ClN7O2S2/c1-3-4-7-12-34-21(29)18(14-19-23(34)30-22-16(2)9-8-13-35(22)25(19)37)24(36)31-26-32-33-27(39-26)38-15-17-10-5-6-11-20(17)28/h5-6,8-11,13-14,29H,3-4,7,12,15H2,1-2H3,(H,31,32,36). The Hall–Kier alpha value is -3.54. The smallest absolute Gasteiger partial charge is 0.267 e. The molecule has 4 aromatic heterocycles. The lowest BCUT2D eigenvalue weighted by molar-refractivity contribution is 0.102. The number of hydrogen-bond donors (Lipinski definition) is 2. The van der Waals surface area contributed by atoms with Crippen molar-refractivity contribution in [2.75, 3.05) is 5.32 Å². The van der Waals surface area contributed by atoms with Crippen LogP contribution in [0.2, 0.25) is 5.02 Å². The lowest BCUT2D eigenvalue weighted by Crippen LogP contribution is -2.32. The van der Waals surface area contributed by atoms with Crippen LogP contribution in [0.4, 0.5) is 5.13 Å². The van der Waals surface area contributed by atoms with Gasteiger partial charge in [0.25, 0.3) is 11.5 Å². The number of halogens is 1. The van der Waals surface area contributed by atoms with Crippen molar-refractivity contribution in [1.82, 2.24) is 24.1 Å². The molecule has 0 aliphatic rings. The molecule has 4 heterocycles. The number of fused-ring (bicyclic) bond motifs is 2. The highest BCUT2D eigenvalue weighted by atomic mass is 35.5. The number of aryl methyl sites for hydroxylation is 2. The van der Waals surface area contributed by atoms with Gasteiger partial charge in [0, 0.05) is 23.5 Å². The summed E-state index contributed by atoms with van der Waals surface area (Å²) < 4.78 is 3.82. The van der Waals surface area contributed by atoms with E-state index in [1.54, 1.807) is 16.8 Å². The van der Waals surface area contributed by atoms with Crippen LogP contribution in [-0.2, 0) is 12.3 Å². The molecule has 0 bridgehead atoms. The van der Waals surface area contributed by atoms with Crippen molar-refractivity contribution < 1.29 is 4.79 Å². The fourth-order valence-electron chi connectivity index (χ4n) is 4.25. The first-order chi connectivity index (χ1) is 18.9. The minimum atomic E-state index is -0.529. The molecule has 9 nitrogen and oxygen atoms in total. The summed E-state index contributed by atoms with van der Waals surface area (Å²) in [7, 11) is 0. The van der Waals surface area contributed by atoms with Crippen LogP contribution in [0.25, 0.3) is 16.7 Å². The van der Waals surface area contributed by atoms with Gasteiger partial charge < -0.3 is 4.57 Å². The van der Waals surface area contributed by atoms with Crippen LogP contribution in [0.1, 0.15) is 47.7 Å². The van der Waals surface area contributed by atoms with E-state index in [1.807, 2.05) is 37.3 Å². The van der Waals surface area contributed by atoms with Gasteiger partial charge in [-0.05, 0) is 42.7 Å². The van der Waals surface area contributed by atoms with Crippen molar-refractivity contribution in [3.63, 3.8) is 0 Å². The first-order valence-corrected chi connectivity index (χ1v) is 14.7. The molecule has 0 saturated carbocycles. The second kappa shape index (κ2) is 11.7. The summed E-state index contributed by atoms with van der Waals surface area (Å²) in [5, 5.41) is 21.2. The maximum absolute atomic E-state index is 13.5. The van der Waals surface area contributed by atoms with E-state index in [0.717, 1.165) is 30.4 Å². The summed E-state index contributed by atoms with van der Waals surface area (Å²) in [6, 6.07) is 12.7. The van der Waals surface area contributed by atoms with Crippen molar-refractivity contribution in [2.45, 2.75) is 49.7 Å². The van der Waals surface area contributed by atoms with Gasteiger partial charge in [0.1, 0.15) is 16.8 Å². The maximum Gasteiger partial charge on any atom is 0.267 e. The van der Waals surface area contributed by atoms with E-state index in [4.69, 9.17) is 22.0 Å². The van der Waals surface area contributed by atoms with Crippen molar-refractivity contribution in [1.29, 1.82) is 5.41 Å². The topological polar surface area (TPSA) is 118 Å². The first kappa shape index (κ1) is 27.0. The molecular weight excluding hydrogens is 554 g/mol. The predicted octanol–water partition coefficient (Wildman–Crippen LogP) is 5.68. The molecule has 5 aromatic rings. The second-order valence-corrected chi connectivity index (χ2v) is 11.6. The number of rotatable bonds is 9. The number of aromatic nitrogens is 5. The molecule has 0 fully saturated rings. The van der Waals surface area contributed by atoms with Gasteiger partial charge in [0.05, 0.1) is 10.9 Å². The fourth-order valence-corrected chi connectivity index (χ4v) is 6.28. The van der Waals surface area contributed by atoms with E-state index >= 15 is 0 Å². The summed E-state index contributed by atoms with van der Waals surface area (Å²) in [6.45, 7) is 4.46. The van der Waals surface area contributed by atoms with Gasteiger partial charge in [-0.15, -0.1) is 10.2 Å². The fraction of sp³-hybridized carbons (Fsp3) is 0.259. The average molecular weight is 580 g/mol. The maximum atomic E-state index is 13.5. The third-order valence-corrected chi connectivity index (χ3v) is 8.69. The van der Waals surface area contributed by atoms with Gasteiger partial charge in [0.2, 0.25) is 5.13 Å². The Kier molecular flexibility index (Phi) is 8.10. The average Bonchev–Trinajstić information content (AvgIpc) is 3.37. The summed E-state index contributed by atoms with van der Waals surface area (Å²) in [5.74, 6) is 0.0880. The second-order valence-electron chi connectivity index (χ2n) is 9.01. The highest BCUT2D eigenvalue weighted by molar-refractivity contribution is 8.00. The quantitative estimate of drug-likeness (QED) is 0.100. The molecule has 200 valence electrons. The molecular formula is C27H26ClN7O2S2. The highest BCUT2D eigenvalue weighted by Gasteiger charge is 2.19. The zero-order valence-electron chi connectivity index (χ0n) is 21.4. The minimum Gasteiger partial charge on any atom is -0.310 e. The van der Waals surface area contributed by atoms with Crippen molar-refractivity contribution in [3.05, 3.63) is 86.2 Å². The Labute approximate surface area is 237 Å². The number of anilines is 1. The van der Waals surface area contributed by atoms with Gasteiger partial charge in [-0.1, -0.05) is 78.7 Å². The molecule has 0 atom stereocenters. The van der Waals surface area contributed by atoms with Crippen molar-refractivity contribution in [2.24, 2.45) is 0 Å². The van der Waals surface area contributed by atoms with Crippen LogP contribution in [0.5, 0.6) is 0 Å². The highest BCUT2D eigenvalue weighted by Crippen LogP contribution is 2.30. The Balaban J connectivity index is 1.48. The molecule has 1 amide bonds. The van der Waals surface area contributed by atoms with Gasteiger partial charge in [-0.2, -0.15) is 0 Å². The van der Waals surface area contributed by atoms with Crippen LogP contribution in [0, 0.1) is 12.3 Å². The van der Waals surface area contributed by atoms with Crippen LogP contribution in [0.3, 0.4) is 0 Å². The van der Waals surface area contributed by atoms with Gasteiger partial charge in [-0.25, -0.2) is 4.98 Å². The number of carbonyl (C=O) groups excluding carboxylic acids is 1. The molecule has 12 heteroatoms. The van der Waals surface area contributed by atoms with E-state index in [1.165, 1.54) is 33.6 Å². The molecule has 39 heavy (non-hydrogen) atoms. The zero-order chi connectivity index (χ0) is 27.5. The molecule has 5 rings (SSSR count). The number of carbonyl (C=O) groups is 1. The normalized spacial score (nSPS) is 11.4. The molecule has 0 aliphatic carbocycles. The Morgan fingerprint density at radius 1 is 1.15 bits per heavy atom. The van der Waals surface area contributed by atoms with Crippen LogP contribution >= 0.6 is 34.7 Å². The largest absolute Gasteiger partial charge is 0.310 e. The zero-order valence-corrected chi connectivity index (χ0v) is 23.8. The molecule has 1 aromatic carbocycles. The molecule has 0 aliphatic heterocycles. The molecule has 0 saturated heterocycles. The first-order valence-electron chi connectivity index (χ1n) is 12.5. The summed E-state index contributed by atoms with van der Waals surface area (Å²) in [4.78, 5) is 31.6. The van der Waals surface area contributed by atoms with Crippen LogP contribution in [0.15, 0.2) is 57.8 Å². The van der Waals surface area contributed by atoms with Crippen molar-refractivity contribution in [3.8, 4) is 0 Å². The Morgan fingerprint density at radius 3 is 2.77 bits per heavy atom. The number of unbranched alkanes of at least 4 members (excludes halogenated alkanes) is 2. The lowest BCUT2D eigenvalue weighted by atomic mass is 10.1. The number of pyridine rings is 2. The molecule has 2 N–H and O–H groups in total. The predicted molar refractivity (Wildman–Crippen MR) is 156 cm³/mol. The lowest BCUT2D eigenvalue weighted by Gasteiger charge is -2.15. The van der Waals surface area contributed by atoms with Crippen LogP contribution < -0.4 is 16.4 Å². The van der Waals surface area contributed by atoms with E-state index in [0.29, 0.717) is 38.1 Å². The summed E-state index contributed by atoms with van der Waals surface area (Å²) in [5.41, 5.74) is 2.56. The SMILES string of the molecule is CCCCCn1c(=N)c(C(=O)Nc2nnc(SCc3ccccc3Cl)s2)cc2c(=O)n3cccc(C)c3nc21. The monoisotopic (exact) mass is 579 g/mol. The third kappa shape index (κ3) is 5.61. The molecule has 0 radical (unpaired) electrons. The van der Waals surface area contributed by atoms with E-state index in [2.05, 4.69) is 22.4 Å². The number of hydrogen-bond acceptors (Lipinski definition) is 8. The minimum absolute atomic E-state index is 0.00114. The van der Waals surface area contributed by atoms with E-state index < -0.39 is 5.91 Å². The molecule has 0 unspecified atom stereocenters. The van der Waals surface area contributed by atoms with Crippen molar-refractivity contribution >= 4 is 62.4 Å². The van der Waals surface area contributed by atoms with Gasteiger partial charge in [-0.3, -0.25) is 24.7 Å². The van der Waals surface area contributed by atoms with Gasteiger partial charge in [0.15, 0.2) is 4.34 Å². The number of nitrogens with zero attached hydrogens (tertiary/aromatic N) is 5. The van der Waals surface area contributed by atoms with Crippen LogP contribution in [-0.4, -0.2) is 30.1 Å². The van der Waals surface area contributed by atoms with E-state index in [9.17, 15) is 9.59 Å². The summed E-state index contributed by atoms with van der Waals surface area (Å²) in [6.07, 6.45) is 4.41. The number of amides is 1. The Morgan fingerprint density at radius 2 is 1.97 bits per heavy atom. The molecule has 0 spiro atoms. The number of nitrogens with one attached hydrogen (secondary N) is 2. The Bertz CT molecular complexity index is 1810. The summed E-state index contributed by atoms with van der Waals surface area (Å²) >= 11 is 8.95. The third-order valence-electron chi connectivity index (χ3n) is 6.30.